The molecule has 6 nitrogen and oxygen atoms in total. The van der Waals surface area contributed by atoms with E-state index in [-0.39, 0.29) is 30.1 Å². The maximum Gasteiger partial charge on any atom is 0.240 e. The topological polar surface area (TPSA) is 104 Å². The minimum Gasteiger partial charge on any atom is -0.508 e. The van der Waals surface area contributed by atoms with Gasteiger partial charge in [-0.05, 0) is 37.1 Å². The van der Waals surface area contributed by atoms with E-state index in [2.05, 4.69) is 10.6 Å². The number of benzene rings is 1. The molecule has 0 radical (unpaired) electrons. The molecule has 1 heterocycles. The van der Waals surface area contributed by atoms with E-state index in [1.54, 1.807) is 12.1 Å². The zero-order valence-corrected chi connectivity index (χ0v) is 12.4. The summed E-state index contributed by atoms with van der Waals surface area (Å²) in [5.74, 6) is -0.599. The van der Waals surface area contributed by atoms with Gasteiger partial charge >= 0.3 is 0 Å². The summed E-state index contributed by atoms with van der Waals surface area (Å²) in [6.45, 7) is 0.817. The predicted octanol–water partition coefficient (Wildman–Crippen LogP) is 0.0786. The fraction of sp³-hybridized carbons (Fsp3) is 0.429. The number of nitrogens with two attached hydrogens (primary N) is 1. The number of rotatable bonds is 5. The lowest BCUT2D eigenvalue weighted by atomic mass is 10.0. The number of carbonyl (C=O) groups excluding carboxylic acids is 2. The Labute approximate surface area is 129 Å². The van der Waals surface area contributed by atoms with E-state index in [0.717, 1.165) is 24.9 Å². The molecular weight excluding hydrogens is 294 g/mol. The Morgan fingerprint density at radius 1 is 1.38 bits per heavy atom. The number of halogens is 1. The Morgan fingerprint density at radius 3 is 2.57 bits per heavy atom. The smallest absolute Gasteiger partial charge is 0.240 e. The second-order valence-corrected chi connectivity index (χ2v) is 4.98. The summed E-state index contributed by atoms with van der Waals surface area (Å²) < 4.78 is 0. The van der Waals surface area contributed by atoms with Crippen molar-refractivity contribution in [1.29, 1.82) is 0 Å². The first-order valence-electron chi connectivity index (χ1n) is 6.67. The third-order valence-corrected chi connectivity index (χ3v) is 3.41. The van der Waals surface area contributed by atoms with Gasteiger partial charge in [-0.3, -0.25) is 9.59 Å². The molecule has 2 atom stereocenters. The molecule has 1 aliphatic heterocycles. The van der Waals surface area contributed by atoms with Crippen molar-refractivity contribution < 1.29 is 14.7 Å². The zero-order chi connectivity index (χ0) is 14.5. The fourth-order valence-corrected chi connectivity index (χ4v) is 2.27. The second-order valence-electron chi connectivity index (χ2n) is 4.98. The maximum absolute atomic E-state index is 12.0. The van der Waals surface area contributed by atoms with Gasteiger partial charge in [-0.15, -0.1) is 12.4 Å². The van der Waals surface area contributed by atoms with Crippen LogP contribution in [0, 0.1) is 0 Å². The van der Waals surface area contributed by atoms with Gasteiger partial charge in [0.25, 0.3) is 0 Å². The Hall–Kier alpha value is -1.79. The van der Waals surface area contributed by atoms with Gasteiger partial charge in [-0.25, -0.2) is 0 Å². The Balaban J connectivity index is 0.00000220. The molecule has 116 valence electrons. The van der Waals surface area contributed by atoms with Crippen molar-refractivity contribution in [1.82, 2.24) is 10.6 Å². The molecular formula is C14H20ClN3O3. The normalized spacial score (nSPS) is 18.6. The van der Waals surface area contributed by atoms with Crippen molar-refractivity contribution in [3.63, 3.8) is 0 Å². The third kappa shape index (κ3) is 4.91. The van der Waals surface area contributed by atoms with Crippen LogP contribution in [0.15, 0.2) is 24.3 Å². The SMILES string of the molecule is Cl.NC(=O)[C@H](Cc1ccc(O)cc1)NC(=O)C1CCCN1. The average molecular weight is 314 g/mol. The molecule has 0 aliphatic carbocycles. The van der Waals surface area contributed by atoms with Crippen LogP contribution in [0.3, 0.4) is 0 Å². The monoisotopic (exact) mass is 313 g/mol. The summed E-state index contributed by atoms with van der Waals surface area (Å²) in [6, 6.07) is 5.49. The molecule has 2 rings (SSSR count). The van der Waals surface area contributed by atoms with E-state index >= 15 is 0 Å². The van der Waals surface area contributed by atoms with E-state index < -0.39 is 11.9 Å². The van der Waals surface area contributed by atoms with Crippen molar-refractivity contribution in [2.24, 2.45) is 5.73 Å². The lowest BCUT2D eigenvalue weighted by molar-refractivity contribution is -0.128. The molecule has 1 unspecified atom stereocenters. The summed E-state index contributed by atoms with van der Waals surface area (Å²) in [5, 5.41) is 15.0. The van der Waals surface area contributed by atoms with Crippen molar-refractivity contribution in [3.05, 3.63) is 29.8 Å². The van der Waals surface area contributed by atoms with Crippen LogP contribution < -0.4 is 16.4 Å². The molecule has 0 spiro atoms. The molecule has 1 saturated heterocycles. The fourth-order valence-electron chi connectivity index (χ4n) is 2.27. The van der Waals surface area contributed by atoms with Crippen LogP contribution >= 0.6 is 12.4 Å². The van der Waals surface area contributed by atoms with Crippen molar-refractivity contribution in [2.75, 3.05) is 6.54 Å². The van der Waals surface area contributed by atoms with E-state index in [1.807, 2.05) is 0 Å². The number of hydrogen-bond acceptors (Lipinski definition) is 4. The number of carbonyl (C=O) groups is 2. The van der Waals surface area contributed by atoms with Crippen molar-refractivity contribution in [2.45, 2.75) is 31.3 Å². The molecule has 1 aromatic carbocycles. The molecule has 5 N–H and O–H groups in total. The number of amides is 2. The first-order chi connectivity index (χ1) is 9.56. The van der Waals surface area contributed by atoms with Crippen LogP contribution in [0.5, 0.6) is 5.75 Å². The molecule has 2 amide bonds. The summed E-state index contributed by atoms with van der Waals surface area (Å²) in [5.41, 5.74) is 6.16. The van der Waals surface area contributed by atoms with Gasteiger partial charge in [0, 0.05) is 6.42 Å². The van der Waals surface area contributed by atoms with Crippen LogP contribution in [-0.2, 0) is 16.0 Å². The van der Waals surface area contributed by atoms with E-state index in [0.29, 0.717) is 6.42 Å². The Morgan fingerprint density at radius 2 is 2.05 bits per heavy atom. The van der Waals surface area contributed by atoms with Gasteiger partial charge in [0.15, 0.2) is 0 Å². The number of aromatic hydroxyl groups is 1. The minimum atomic E-state index is -0.741. The number of primary amides is 1. The van der Waals surface area contributed by atoms with Crippen molar-refractivity contribution >= 4 is 24.2 Å². The van der Waals surface area contributed by atoms with Crippen LogP contribution in [0.4, 0.5) is 0 Å². The van der Waals surface area contributed by atoms with Gasteiger partial charge in [0.1, 0.15) is 11.8 Å². The first kappa shape index (κ1) is 17.3. The highest BCUT2D eigenvalue weighted by Gasteiger charge is 2.26. The standard InChI is InChI=1S/C14H19N3O3.ClH/c15-13(19)12(8-9-3-5-10(18)6-4-9)17-14(20)11-2-1-7-16-11;/h3-6,11-12,16,18H,1-2,7-8H2,(H2,15,19)(H,17,20);1H/t11?,12-;/m0./s1. The highest BCUT2D eigenvalue weighted by Crippen LogP contribution is 2.12. The molecule has 1 aliphatic rings. The van der Waals surface area contributed by atoms with Crippen LogP contribution in [0.2, 0.25) is 0 Å². The molecule has 0 saturated carbocycles. The van der Waals surface area contributed by atoms with Gasteiger partial charge in [-0.1, -0.05) is 12.1 Å². The first-order valence-corrected chi connectivity index (χ1v) is 6.67. The molecule has 7 heteroatoms. The lowest BCUT2D eigenvalue weighted by Crippen LogP contribution is -2.51. The van der Waals surface area contributed by atoms with Gasteiger partial charge < -0.3 is 21.5 Å². The summed E-state index contributed by atoms with van der Waals surface area (Å²) in [6.07, 6.45) is 2.04. The van der Waals surface area contributed by atoms with E-state index in [1.165, 1.54) is 12.1 Å². The van der Waals surface area contributed by atoms with E-state index in [9.17, 15) is 14.7 Å². The highest BCUT2D eigenvalue weighted by molar-refractivity contribution is 5.89. The molecule has 0 bridgehead atoms. The zero-order valence-electron chi connectivity index (χ0n) is 11.5. The molecule has 0 aromatic heterocycles. The summed E-state index contributed by atoms with van der Waals surface area (Å²) in [4.78, 5) is 23.4. The maximum atomic E-state index is 12.0. The second kappa shape index (κ2) is 7.85. The number of hydrogen-bond donors (Lipinski definition) is 4. The van der Waals surface area contributed by atoms with Gasteiger partial charge in [0.05, 0.1) is 6.04 Å². The number of phenolic OH excluding ortho intramolecular Hbond substituents is 1. The Kier molecular flexibility index (Phi) is 6.45. The van der Waals surface area contributed by atoms with Crippen LogP contribution in [0.1, 0.15) is 18.4 Å². The van der Waals surface area contributed by atoms with Crippen molar-refractivity contribution in [3.8, 4) is 5.75 Å². The Bertz CT molecular complexity index is 487. The quantitative estimate of drug-likeness (QED) is 0.618. The van der Waals surface area contributed by atoms with Gasteiger partial charge in [-0.2, -0.15) is 0 Å². The average Bonchev–Trinajstić information content (AvgIpc) is 2.94. The lowest BCUT2D eigenvalue weighted by Gasteiger charge is -2.18. The van der Waals surface area contributed by atoms with E-state index in [4.69, 9.17) is 5.73 Å². The summed E-state index contributed by atoms with van der Waals surface area (Å²) in [7, 11) is 0. The molecule has 1 fully saturated rings. The largest absolute Gasteiger partial charge is 0.508 e. The predicted molar refractivity (Wildman–Crippen MR) is 81.2 cm³/mol. The molecule has 21 heavy (non-hydrogen) atoms. The minimum absolute atomic E-state index is 0. The van der Waals surface area contributed by atoms with Crippen LogP contribution in [0.25, 0.3) is 0 Å². The highest BCUT2D eigenvalue weighted by atomic mass is 35.5. The van der Waals surface area contributed by atoms with Gasteiger partial charge in [0.2, 0.25) is 11.8 Å². The summed E-state index contributed by atoms with van der Waals surface area (Å²) >= 11 is 0. The number of phenols is 1. The molecule has 1 aromatic rings. The third-order valence-electron chi connectivity index (χ3n) is 3.41. The van der Waals surface area contributed by atoms with Crippen LogP contribution in [-0.4, -0.2) is 35.5 Å². The number of nitrogens with one attached hydrogen (secondary N) is 2.